The van der Waals surface area contributed by atoms with Gasteiger partial charge in [-0.1, -0.05) is 0 Å². The molecule has 3 amide bonds. The van der Waals surface area contributed by atoms with Crippen molar-refractivity contribution in [1.29, 1.82) is 0 Å². The van der Waals surface area contributed by atoms with Gasteiger partial charge in [-0.3, -0.25) is 4.79 Å². The van der Waals surface area contributed by atoms with E-state index in [1.54, 1.807) is 6.07 Å². The number of hydrogen-bond acceptors (Lipinski definition) is 4. The van der Waals surface area contributed by atoms with Gasteiger partial charge in [0.25, 0.3) is 0 Å². The summed E-state index contributed by atoms with van der Waals surface area (Å²) in [5, 5.41) is 3.00. The summed E-state index contributed by atoms with van der Waals surface area (Å²) in [7, 11) is 0. The summed E-state index contributed by atoms with van der Waals surface area (Å²) in [4.78, 5) is 31.5. The van der Waals surface area contributed by atoms with Gasteiger partial charge in [0.1, 0.15) is 11.9 Å². The maximum Gasteiger partial charge on any atom is 0.320 e. The van der Waals surface area contributed by atoms with Crippen molar-refractivity contribution in [2.75, 3.05) is 26.2 Å². The summed E-state index contributed by atoms with van der Waals surface area (Å²) in [5.74, 6) is 0.166. The number of urea groups is 1. The van der Waals surface area contributed by atoms with Crippen molar-refractivity contribution in [1.82, 2.24) is 20.1 Å². The average molecular weight is 360 g/mol. The SMILES string of the molecule is O=C1CCC2(CN(C(=O)N3CC4(CC(Oc5ccc(F)cn5)C4)C3)C2)N1. The highest BCUT2D eigenvalue weighted by atomic mass is 19.1. The van der Waals surface area contributed by atoms with E-state index in [2.05, 4.69) is 10.3 Å². The lowest BCUT2D eigenvalue weighted by atomic mass is 9.62. The van der Waals surface area contributed by atoms with Gasteiger partial charge >= 0.3 is 6.03 Å². The van der Waals surface area contributed by atoms with Crippen LogP contribution in [0.2, 0.25) is 0 Å². The Morgan fingerprint density at radius 1 is 1.23 bits per heavy atom. The van der Waals surface area contributed by atoms with Crippen LogP contribution in [0.1, 0.15) is 25.7 Å². The van der Waals surface area contributed by atoms with Crippen molar-refractivity contribution < 1.29 is 18.7 Å². The van der Waals surface area contributed by atoms with Crippen molar-refractivity contribution in [2.24, 2.45) is 5.41 Å². The van der Waals surface area contributed by atoms with Crippen LogP contribution in [0.25, 0.3) is 0 Å². The third-order valence-electron chi connectivity index (χ3n) is 6.12. The third-order valence-corrected chi connectivity index (χ3v) is 6.12. The van der Waals surface area contributed by atoms with Gasteiger partial charge in [0.2, 0.25) is 11.8 Å². The minimum absolute atomic E-state index is 0.0759. The van der Waals surface area contributed by atoms with E-state index in [1.165, 1.54) is 6.07 Å². The first kappa shape index (κ1) is 15.8. The molecule has 0 unspecified atom stereocenters. The fourth-order valence-electron chi connectivity index (χ4n) is 4.78. The first-order valence-corrected chi connectivity index (χ1v) is 9.08. The Hall–Kier alpha value is -2.38. The maximum atomic E-state index is 12.9. The molecule has 0 atom stereocenters. The van der Waals surface area contributed by atoms with E-state index < -0.39 is 0 Å². The van der Waals surface area contributed by atoms with Crippen molar-refractivity contribution in [3.05, 3.63) is 24.1 Å². The number of amides is 3. The molecule has 1 aromatic heterocycles. The highest BCUT2D eigenvalue weighted by Gasteiger charge is 2.57. The normalized spacial score (nSPS) is 25.5. The van der Waals surface area contributed by atoms with Crippen LogP contribution < -0.4 is 10.1 Å². The van der Waals surface area contributed by atoms with Crippen LogP contribution in [0, 0.1) is 11.2 Å². The molecule has 138 valence electrons. The Bertz CT molecular complexity index is 748. The second kappa shape index (κ2) is 5.31. The lowest BCUT2D eigenvalue weighted by Gasteiger charge is -2.60. The minimum Gasteiger partial charge on any atom is -0.474 e. The van der Waals surface area contributed by atoms with Gasteiger partial charge in [-0.15, -0.1) is 0 Å². The molecule has 1 saturated carbocycles. The van der Waals surface area contributed by atoms with Crippen molar-refractivity contribution in [3.8, 4) is 5.88 Å². The summed E-state index contributed by atoms with van der Waals surface area (Å²) < 4.78 is 18.6. The molecule has 5 rings (SSSR count). The van der Waals surface area contributed by atoms with Crippen LogP contribution >= 0.6 is 0 Å². The molecule has 4 fully saturated rings. The first-order valence-electron chi connectivity index (χ1n) is 9.08. The summed E-state index contributed by atoms with van der Waals surface area (Å²) >= 11 is 0. The minimum atomic E-state index is -0.375. The summed E-state index contributed by atoms with van der Waals surface area (Å²) in [6.45, 7) is 2.78. The zero-order valence-electron chi connectivity index (χ0n) is 14.4. The molecule has 3 saturated heterocycles. The van der Waals surface area contributed by atoms with Crippen LogP contribution in [-0.4, -0.2) is 64.5 Å². The predicted octanol–water partition coefficient (Wildman–Crippen LogP) is 1.15. The first-order chi connectivity index (χ1) is 12.4. The number of rotatable bonds is 2. The number of ether oxygens (including phenoxy) is 1. The number of pyridine rings is 1. The van der Waals surface area contributed by atoms with E-state index in [0.29, 0.717) is 25.4 Å². The predicted molar refractivity (Wildman–Crippen MR) is 88.9 cm³/mol. The topological polar surface area (TPSA) is 74.8 Å². The standard InChI is InChI=1S/C18H21FN4O3/c19-12-1-2-15(20-7-12)26-13-5-17(6-13)8-22(9-17)16(25)23-10-18(11-23)4-3-14(24)21-18/h1-2,7,13H,3-6,8-11H2,(H,21,24). The molecular weight excluding hydrogens is 339 g/mol. The lowest BCUT2D eigenvalue weighted by Crippen LogP contribution is -2.74. The molecule has 4 heterocycles. The number of carbonyl (C=O) groups excluding carboxylic acids is 2. The summed E-state index contributed by atoms with van der Waals surface area (Å²) in [5.41, 5.74) is 0.0113. The molecule has 8 heteroatoms. The highest BCUT2D eigenvalue weighted by molar-refractivity contribution is 5.82. The molecule has 1 aromatic rings. The van der Waals surface area contributed by atoms with E-state index >= 15 is 0 Å². The zero-order chi connectivity index (χ0) is 17.9. The number of nitrogens with zero attached hydrogens (tertiary/aromatic N) is 3. The Balaban J connectivity index is 1.07. The van der Waals surface area contributed by atoms with E-state index in [9.17, 15) is 14.0 Å². The summed E-state index contributed by atoms with van der Waals surface area (Å²) in [6.07, 6.45) is 4.44. The fourth-order valence-corrected chi connectivity index (χ4v) is 4.78. The fraction of sp³-hybridized carbons (Fsp3) is 0.611. The van der Waals surface area contributed by atoms with Crippen LogP contribution in [0.15, 0.2) is 18.3 Å². The molecule has 7 nitrogen and oxygen atoms in total. The molecule has 26 heavy (non-hydrogen) atoms. The quantitative estimate of drug-likeness (QED) is 0.859. The molecule has 3 aliphatic heterocycles. The van der Waals surface area contributed by atoms with Crippen LogP contribution in [-0.2, 0) is 4.79 Å². The number of nitrogens with one attached hydrogen (secondary N) is 1. The Kier molecular flexibility index (Phi) is 3.24. The van der Waals surface area contributed by atoms with Crippen LogP contribution in [0.3, 0.4) is 0 Å². The van der Waals surface area contributed by atoms with E-state index in [1.807, 2.05) is 9.80 Å². The van der Waals surface area contributed by atoms with Gasteiger partial charge in [0.15, 0.2) is 0 Å². The molecule has 2 spiro atoms. The van der Waals surface area contributed by atoms with Gasteiger partial charge in [0, 0.05) is 44.1 Å². The maximum absolute atomic E-state index is 12.9. The molecule has 0 bridgehead atoms. The largest absolute Gasteiger partial charge is 0.474 e. The average Bonchev–Trinajstić information content (AvgIpc) is 2.90. The van der Waals surface area contributed by atoms with E-state index in [0.717, 1.165) is 38.5 Å². The Morgan fingerprint density at radius 3 is 2.58 bits per heavy atom. The molecule has 1 aliphatic carbocycles. The number of halogens is 1. The van der Waals surface area contributed by atoms with Crippen molar-refractivity contribution in [2.45, 2.75) is 37.3 Å². The monoisotopic (exact) mass is 360 g/mol. The Labute approximate surface area is 150 Å². The van der Waals surface area contributed by atoms with Gasteiger partial charge in [0.05, 0.1) is 11.7 Å². The van der Waals surface area contributed by atoms with Crippen molar-refractivity contribution >= 4 is 11.9 Å². The highest BCUT2D eigenvalue weighted by Crippen LogP contribution is 2.50. The van der Waals surface area contributed by atoms with E-state index in [-0.39, 0.29) is 34.8 Å². The molecule has 1 N–H and O–H groups in total. The number of likely N-dealkylation sites (tertiary alicyclic amines) is 2. The number of hydrogen-bond donors (Lipinski definition) is 1. The molecule has 0 aromatic carbocycles. The van der Waals surface area contributed by atoms with Gasteiger partial charge < -0.3 is 19.9 Å². The zero-order valence-corrected chi connectivity index (χ0v) is 14.4. The number of aromatic nitrogens is 1. The van der Waals surface area contributed by atoms with Gasteiger partial charge in [-0.25, -0.2) is 14.2 Å². The van der Waals surface area contributed by atoms with E-state index in [4.69, 9.17) is 4.74 Å². The second-order valence-corrected chi connectivity index (χ2v) is 8.29. The smallest absolute Gasteiger partial charge is 0.320 e. The summed E-state index contributed by atoms with van der Waals surface area (Å²) in [6, 6.07) is 2.96. The lowest BCUT2D eigenvalue weighted by molar-refractivity contribution is -0.121. The Morgan fingerprint density at radius 2 is 1.96 bits per heavy atom. The molecule has 4 aliphatic rings. The molecular formula is C18H21FN4O3. The number of carbonyl (C=O) groups is 2. The third kappa shape index (κ3) is 2.50. The van der Waals surface area contributed by atoms with Crippen LogP contribution in [0.5, 0.6) is 5.88 Å². The van der Waals surface area contributed by atoms with Crippen LogP contribution in [0.4, 0.5) is 9.18 Å². The van der Waals surface area contributed by atoms with Gasteiger partial charge in [-0.05, 0) is 25.3 Å². The van der Waals surface area contributed by atoms with Crippen molar-refractivity contribution in [3.63, 3.8) is 0 Å². The molecule has 0 radical (unpaired) electrons. The van der Waals surface area contributed by atoms with Gasteiger partial charge in [-0.2, -0.15) is 0 Å². The second-order valence-electron chi connectivity index (χ2n) is 8.29.